The number of ether oxygens (including phenoxy) is 2. The quantitative estimate of drug-likeness (QED) is 0.846. The zero-order valence-electron chi connectivity index (χ0n) is 15.1. The van der Waals surface area contributed by atoms with Crippen LogP contribution in [-0.2, 0) is 11.3 Å². The molecule has 0 saturated carbocycles. The maximum atomic E-state index is 12.9. The number of halogens is 1. The summed E-state index contributed by atoms with van der Waals surface area (Å²) in [7, 11) is 0. The molecule has 4 rings (SSSR count). The van der Waals surface area contributed by atoms with Gasteiger partial charge in [0.05, 0.1) is 6.04 Å². The molecule has 3 amide bonds. The number of benzene rings is 2. The Morgan fingerprint density at radius 3 is 2.64 bits per heavy atom. The van der Waals surface area contributed by atoms with Gasteiger partial charge in [0, 0.05) is 31.3 Å². The smallest absolute Gasteiger partial charge is 0.315 e. The molecule has 0 radical (unpaired) electrons. The zero-order valence-corrected chi connectivity index (χ0v) is 15.1. The van der Waals surface area contributed by atoms with Crippen molar-refractivity contribution < 1.29 is 23.5 Å². The molecule has 0 aromatic heterocycles. The number of rotatable bonds is 4. The van der Waals surface area contributed by atoms with Gasteiger partial charge in [-0.15, -0.1) is 0 Å². The molecule has 2 heterocycles. The first-order valence-corrected chi connectivity index (χ1v) is 9.07. The van der Waals surface area contributed by atoms with Crippen LogP contribution in [-0.4, -0.2) is 37.7 Å². The summed E-state index contributed by atoms with van der Waals surface area (Å²) in [4.78, 5) is 26.1. The molecule has 2 aromatic rings. The molecule has 146 valence electrons. The molecule has 2 aliphatic heterocycles. The topological polar surface area (TPSA) is 79.9 Å². The number of carbonyl (C=O) groups excluding carboxylic acids is 2. The van der Waals surface area contributed by atoms with Crippen LogP contribution >= 0.6 is 0 Å². The predicted octanol–water partition coefficient (Wildman–Crippen LogP) is 2.20. The third kappa shape index (κ3) is 4.00. The molecule has 0 bridgehead atoms. The summed E-state index contributed by atoms with van der Waals surface area (Å²) in [5, 5.41) is 5.53. The van der Waals surface area contributed by atoms with E-state index in [-0.39, 0.29) is 36.8 Å². The standard InChI is InChI=1S/C20H20FN3O4/c21-14-3-1-13(2-4-14)11-22-20(26)23-15-9-19(25)24(12-15)16-5-6-17-18(10-16)28-8-7-27-17/h1-6,10,15H,7-9,11-12H2,(H2,22,23,26)/t15-/m0/s1. The van der Waals surface area contributed by atoms with Gasteiger partial charge in [-0.05, 0) is 29.8 Å². The second-order valence-corrected chi connectivity index (χ2v) is 6.69. The van der Waals surface area contributed by atoms with Crippen molar-refractivity contribution in [1.82, 2.24) is 10.6 Å². The molecule has 8 heteroatoms. The first-order chi connectivity index (χ1) is 13.6. The highest BCUT2D eigenvalue weighted by Crippen LogP contribution is 2.35. The lowest BCUT2D eigenvalue weighted by Crippen LogP contribution is -2.43. The summed E-state index contributed by atoms with van der Waals surface area (Å²) in [6, 6.07) is 10.6. The van der Waals surface area contributed by atoms with Gasteiger partial charge in [-0.1, -0.05) is 12.1 Å². The molecule has 2 N–H and O–H groups in total. The lowest BCUT2D eigenvalue weighted by Gasteiger charge is -2.22. The van der Waals surface area contributed by atoms with Crippen LogP contribution in [0.3, 0.4) is 0 Å². The highest BCUT2D eigenvalue weighted by Gasteiger charge is 2.32. The van der Waals surface area contributed by atoms with Gasteiger partial charge in [0.1, 0.15) is 19.0 Å². The fourth-order valence-corrected chi connectivity index (χ4v) is 3.27. The van der Waals surface area contributed by atoms with E-state index in [1.807, 2.05) is 6.07 Å². The molecule has 0 aliphatic carbocycles. The molecule has 7 nitrogen and oxygen atoms in total. The molecule has 0 unspecified atom stereocenters. The van der Waals surface area contributed by atoms with Gasteiger partial charge in [0.25, 0.3) is 0 Å². The number of nitrogens with one attached hydrogen (secondary N) is 2. The van der Waals surface area contributed by atoms with Crippen molar-refractivity contribution in [3.05, 3.63) is 53.8 Å². The van der Waals surface area contributed by atoms with Crippen LogP contribution in [0.15, 0.2) is 42.5 Å². The van der Waals surface area contributed by atoms with Gasteiger partial charge in [-0.2, -0.15) is 0 Å². The number of nitrogens with zero attached hydrogens (tertiary/aromatic N) is 1. The Labute approximate surface area is 161 Å². The summed E-state index contributed by atoms with van der Waals surface area (Å²) in [6.45, 7) is 1.64. The van der Waals surface area contributed by atoms with Crippen LogP contribution in [0.1, 0.15) is 12.0 Å². The Morgan fingerprint density at radius 1 is 1.11 bits per heavy atom. The Morgan fingerprint density at radius 2 is 1.86 bits per heavy atom. The molecular weight excluding hydrogens is 365 g/mol. The van der Waals surface area contributed by atoms with E-state index in [0.717, 1.165) is 5.56 Å². The fraction of sp³-hybridized carbons (Fsp3) is 0.300. The Balaban J connectivity index is 1.33. The number of carbonyl (C=O) groups is 2. The zero-order chi connectivity index (χ0) is 19.5. The van der Waals surface area contributed by atoms with Crippen molar-refractivity contribution in [3.63, 3.8) is 0 Å². The fourth-order valence-electron chi connectivity index (χ4n) is 3.27. The van der Waals surface area contributed by atoms with Crippen LogP contribution < -0.4 is 25.0 Å². The lowest BCUT2D eigenvalue weighted by molar-refractivity contribution is -0.117. The van der Waals surface area contributed by atoms with E-state index in [0.29, 0.717) is 36.9 Å². The van der Waals surface area contributed by atoms with Crippen LogP contribution in [0.2, 0.25) is 0 Å². The summed E-state index contributed by atoms with van der Waals surface area (Å²) >= 11 is 0. The van der Waals surface area contributed by atoms with Crippen LogP contribution in [0.25, 0.3) is 0 Å². The maximum absolute atomic E-state index is 12.9. The van der Waals surface area contributed by atoms with E-state index in [2.05, 4.69) is 10.6 Å². The van der Waals surface area contributed by atoms with E-state index >= 15 is 0 Å². The lowest BCUT2D eigenvalue weighted by atomic mass is 10.2. The third-order valence-corrected chi connectivity index (χ3v) is 4.66. The number of hydrogen-bond donors (Lipinski definition) is 2. The minimum absolute atomic E-state index is 0.0690. The highest BCUT2D eigenvalue weighted by atomic mass is 19.1. The SMILES string of the molecule is O=C(NCc1ccc(F)cc1)N[C@H]1CC(=O)N(c2ccc3c(c2)OCCO3)C1. The second kappa shape index (κ2) is 7.75. The molecule has 1 atom stereocenters. The van der Waals surface area contributed by atoms with E-state index in [4.69, 9.17) is 9.47 Å². The van der Waals surface area contributed by atoms with Crippen LogP contribution in [0, 0.1) is 5.82 Å². The van der Waals surface area contributed by atoms with E-state index in [9.17, 15) is 14.0 Å². The van der Waals surface area contributed by atoms with Gasteiger partial charge < -0.3 is 25.0 Å². The van der Waals surface area contributed by atoms with Crippen molar-refractivity contribution in [2.45, 2.75) is 19.0 Å². The summed E-state index contributed by atoms with van der Waals surface area (Å²) < 4.78 is 24.0. The third-order valence-electron chi connectivity index (χ3n) is 4.66. The van der Waals surface area contributed by atoms with Gasteiger partial charge >= 0.3 is 6.03 Å². The Hall–Kier alpha value is -3.29. The number of anilines is 1. The van der Waals surface area contributed by atoms with Gasteiger partial charge in [0.15, 0.2) is 11.5 Å². The van der Waals surface area contributed by atoms with E-state index in [1.54, 1.807) is 29.2 Å². The van der Waals surface area contributed by atoms with Crippen LogP contribution in [0.4, 0.5) is 14.9 Å². The Kier molecular flexibility index (Phi) is 5.01. The number of fused-ring (bicyclic) bond motifs is 1. The van der Waals surface area contributed by atoms with Crippen LogP contribution in [0.5, 0.6) is 11.5 Å². The maximum Gasteiger partial charge on any atom is 0.315 e. The number of amides is 3. The highest BCUT2D eigenvalue weighted by molar-refractivity contribution is 5.97. The Bertz CT molecular complexity index is 888. The van der Waals surface area contributed by atoms with E-state index in [1.165, 1.54) is 12.1 Å². The average Bonchev–Trinajstić information content (AvgIpc) is 3.07. The molecule has 0 spiro atoms. The second-order valence-electron chi connectivity index (χ2n) is 6.69. The molecule has 2 aliphatic rings. The summed E-state index contributed by atoms with van der Waals surface area (Å²) in [5.74, 6) is 0.888. The van der Waals surface area contributed by atoms with Crippen molar-refractivity contribution >= 4 is 17.6 Å². The van der Waals surface area contributed by atoms with Crippen molar-refractivity contribution in [3.8, 4) is 11.5 Å². The molecular formula is C20H20FN3O4. The van der Waals surface area contributed by atoms with Gasteiger partial charge in [-0.3, -0.25) is 4.79 Å². The van der Waals surface area contributed by atoms with Crippen molar-refractivity contribution in [2.24, 2.45) is 0 Å². The minimum atomic E-state index is -0.369. The van der Waals surface area contributed by atoms with Gasteiger partial charge in [0.2, 0.25) is 5.91 Å². The predicted molar refractivity (Wildman–Crippen MR) is 100.0 cm³/mol. The summed E-state index contributed by atoms with van der Waals surface area (Å²) in [5.41, 5.74) is 1.50. The van der Waals surface area contributed by atoms with Crippen molar-refractivity contribution in [1.29, 1.82) is 0 Å². The first-order valence-electron chi connectivity index (χ1n) is 9.07. The normalized spacial score (nSPS) is 18.1. The van der Waals surface area contributed by atoms with Gasteiger partial charge in [-0.25, -0.2) is 9.18 Å². The number of urea groups is 1. The largest absolute Gasteiger partial charge is 0.486 e. The molecule has 28 heavy (non-hydrogen) atoms. The molecule has 2 aromatic carbocycles. The molecule has 1 saturated heterocycles. The van der Waals surface area contributed by atoms with E-state index < -0.39 is 0 Å². The van der Waals surface area contributed by atoms with Crippen molar-refractivity contribution in [2.75, 3.05) is 24.7 Å². The summed E-state index contributed by atoms with van der Waals surface area (Å²) in [6.07, 6.45) is 0.221. The molecule has 1 fully saturated rings. The monoisotopic (exact) mass is 385 g/mol. The minimum Gasteiger partial charge on any atom is -0.486 e. The number of hydrogen-bond acceptors (Lipinski definition) is 4. The first kappa shape index (κ1) is 18.1. The average molecular weight is 385 g/mol.